The molecule has 3 aromatic carbocycles. The maximum Gasteiger partial charge on any atom is 0.338 e. The van der Waals surface area contributed by atoms with Crippen molar-refractivity contribution in [1.82, 2.24) is 0 Å². The highest BCUT2D eigenvalue weighted by molar-refractivity contribution is 6.08. The summed E-state index contributed by atoms with van der Waals surface area (Å²) in [6.07, 6.45) is -4.59. The van der Waals surface area contributed by atoms with E-state index in [1.54, 1.807) is 63.2 Å². The lowest BCUT2D eigenvalue weighted by molar-refractivity contribution is -0.204. The van der Waals surface area contributed by atoms with Crippen LogP contribution >= 0.6 is 0 Å². The first-order chi connectivity index (χ1) is 19.5. The Balaban J connectivity index is 1.49. The van der Waals surface area contributed by atoms with Crippen LogP contribution in [0, 0.1) is 16.2 Å². The summed E-state index contributed by atoms with van der Waals surface area (Å²) in [7, 11) is 0. The largest absolute Gasteiger partial charge is 0.461 e. The van der Waals surface area contributed by atoms with Gasteiger partial charge in [-0.2, -0.15) is 0 Å². The summed E-state index contributed by atoms with van der Waals surface area (Å²) in [6.45, 7) is 5.37. The number of esters is 3. The monoisotopic (exact) mass is 555 g/mol. The second-order valence-electron chi connectivity index (χ2n) is 12.5. The molecule has 9 heteroatoms. The molecule has 2 spiro atoms. The Morgan fingerprint density at radius 1 is 0.951 bits per heavy atom. The van der Waals surface area contributed by atoms with Crippen LogP contribution in [0.3, 0.4) is 0 Å². The third-order valence-electron chi connectivity index (χ3n) is 9.72. The second-order valence-corrected chi connectivity index (χ2v) is 12.5. The molecule has 3 aromatic rings. The molecular formula is C32H29NO8. The summed E-state index contributed by atoms with van der Waals surface area (Å²) in [5.74, 6) is -2.83. The van der Waals surface area contributed by atoms with Gasteiger partial charge < -0.3 is 19.3 Å². The van der Waals surface area contributed by atoms with Gasteiger partial charge in [-0.1, -0.05) is 69.3 Å². The van der Waals surface area contributed by atoms with E-state index >= 15 is 0 Å². The van der Waals surface area contributed by atoms with Gasteiger partial charge in [0.2, 0.25) is 0 Å². The van der Waals surface area contributed by atoms with E-state index in [0.717, 1.165) is 10.8 Å². The van der Waals surface area contributed by atoms with Crippen LogP contribution in [0.4, 0.5) is 5.69 Å². The van der Waals surface area contributed by atoms with Crippen LogP contribution in [-0.4, -0.2) is 53.0 Å². The van der Waals surface area contributed by atoms with Crippen molar-refractivity contribution in [2.75, 3.05) is 4.90 Å². The highest BCUT2D eigenvalue weighted by Gasteiger charge is 2.93. The molecule has 0 bridgehead atoms. The van der Waals surface area contributed by atoms with E-state index in [4.69, 9.17) is 14.2 Å². The predicted octanol–water partition coefficient (Wildman–Crippen LogP) is 3.76. The van der Waals surface area contributed by atoms with Crippen molar-refractivity contribution in [1.29, 1.82) is 0 Å². The number of fused-ring (bicyclic) bond motifs is 1. The molecule has 9 nitrogen and oxygen atoms in total. The first-order valence-electron chi connectivity index (χ1n) is 13.7. The Labute approximate surface area is 236 Å². The van der Waals surface area contributed by atoms with Crippen molar-refractivity contribution in [3.05, 3.63) is 78.4 Å². The zero-order chi connectivity index (χ0) is 28.9. The normalized spacial score (nSPS) is 33.8. The van der Waals surface area contributed by atoms with Gasteiger partial charge in [0.25, 0.3) is 5.91 Å². The molecule has 3 aliphatic heterocycles. The average molecular weight is 556 g/mol. The van der Waals surface area contributed by atoms with E-state index in [9.17, 15) is 24.3 Å². The maximum atomic E-state index is 14.6. The van der Waals surface area contributed by atoms with Crippen molar-refractivity contribution in [2.45, 2.75) is 57.6 Å². The number of benzene rings is 3. The lowest BCUT2D eigenvalue weighted by Gasteiger charge is -2.51. The molecule has 6 atom stereocenters. The first-order valence-corrected chi connectivity index (χ1v) is 13.7. The SMILES string of the molecule is CC(C)(C)[C@]1(O)C[C@@H]2OC(=O)C[C@@]23C(=O)O[C@@H]2N(c4ccc5ccccc5c4)C(=O)[C@H](OC(=O)c4ccccc4)[C@]213. The number of carbonyl (C=O) groups is 4. The van der Waals surface area contributed by atoms with E-state index in [1.165, 1.54) is 4.90 Å². The van der Waals surface area contributed by atoms with E-state index in [2.05, 4.69) is 0 Å². The average Bonchev–Trinajstić information content (AvgIpc) is 3.55. The first kappa shape index (κ1) is 25.7. The summed E-state index contributed by atoms with van der Waals surface area (Å²) in [6, 6.07) is 21.2. The third-order valence-corrected chi connectivity index (χ3v) is 9.72. The van der Waals surface area contributed by atoms with Gasteiger partial charge in [-0.05, 0) is 40.5 Å². The number of hydrogen-bond donors (Lipinski definition) is 1. The quantitative estimate of drug-likeness (QED) is 0.383. The van der Waals surface area contributed by atoms with Gasteiger partial charge in [0.15, 0.2) is 12.3 Å². The van der Waals surface area contributed by atoms with Crippen LogP contribution in [0.25, 0.3) is 10.8 Å². The highest BCUT2D eigenvalue weighted by Crippen LogP contribution is 2.76. The van der Waals surface area contributed by atoms with Crippen molar-refractivity contribution >= 4 is 40.3 Å². The van der Waals surface area contributed by atoms with Crippen molar-refractivity contribution in [3.8, 4) is 0 Å². The Morgan fingerprint density at radius 3 is 2.34 bits per heavy atom. The molecule has 210 valence electrons. The van der Waals surface area contributed by atoms with Crippen LogP contribution in [-0.2, 0) is 28.6 Å². The van der Waals surface area contributed by atoms with E-state index in [0.29, 0.717) is 5.69 Å². The molecule has 0 aromatic heterocycles. The van der Waals surface area contributed by atoms with Crippen LogP contribution in [0.1, 0.15) is 44.0 Å². The van der Waals surface area contributed by atoms with Gasteiger partial charge in [-0.3, -0.25) is 19.3 Å². The van der Waals surface area contributed by atoms with Gasteiger partial charge in [0.05, 0.1) is 17.6 Å². The highest BCUT2D eigenvalue weighted by atomic mass is 16.6. The number of nitrogens with zero attached hydrogens (tertiary/aromatic N) is 1. The molecular weight excluding hydrogens is 526 g/mol. The van der Waals surface area contributed by atoms with Gasteiger partial charge in [0, 0.05) is 12.1 Å². The second kappa shape index (κ2) is 8.16. The molecule has 4 aliphatic rings. The smallest absolute Gasteiger partial charge is 0.338 e. The van der Waals surface area contributed by atoms with Crippen LogP contribution < -0.4 is 4.90 Å². The fourth-order valence-corrected chi connectivity index (χ4v) is 7.86. The molecule has 1 saturated carbocycles. The van der Waals surface area contributed by atoms with Gasteiger partial charge >= 0.3 is 17.9 Å². The number of amides is 1. The maximum absolute atomic E-state index is 14.6. The summed E-state index contributed by atoms with van der Waals surface area (Å²) in [5, 5.41) is 14.6. The minimum atomic E-state index is -1.85. The minimum Gasteiger partial charge on any atom is -0.461 e. The van der Waals surface area contributed by atoms with Crippen molar-refractivity contribution in [2.24, 2.45) is 16.2 Å². The minimum absolute atomic E-state index is 0.119. The fraction of sp³-hybridized carbons (Fsp3) is 0.375. The van der Waals surface area contributed by atoms with Gasteiger partial charge in [-0.15, -0.1) is 0 Å². The Bertz CT molecular complexity index is 1650. The number of ether oxygens (including phenoxy) is 3. The summed E-state index contributed by atoms with van der Waals surface area (Å²) in [4.78, 5) is 56.2. The summed E-state index contributed by atoms with van der Waals surface area (Å²) < 4.78 is 17.7. The Hall–Kier alpha value is -4.24. The molecule has 4 fully saturated rings. The van der Waals surface area contributed by atoms with Gasteiger partial charge in [0.1, 0.15) is 16.9 Å². The zero-order valence-electron chi connectivity index (χ0n) is 22.8. The number of carbonyl (C=O) groups excluding carboxylic acids is 4. The molecule has 1 amide bonds. The molecule has 0 radical (unpaired) electrons. The van der Waals surface area contributed by atoms with E-state index in [-0.39, 0.29) is 12.0 Å². The van der Waals surface area contributed by atoms with E-state index < -0.39 is 70.5 Å². The van der Waals surface area contributed by atoms with Crippen molar-refractivity contribution in [3.63, 3.8) is 0 Å². The predicted molar refractivity (Wildman–Crippen MR) is 145 cm³/mol. The summed E-state index contributed by atoms with van der Waals surface area (Å²) in [5.41, 5.74) is -5.76. The summed E-state index contributed by atoms with van der Waals surface area (Å²) >= 11 is 0. The topological polar surface area (TPSA) is 119 Å². The lowest BCUT2D eigenvalue weighted by atomic mass is 9.52. The molecule has 3 saturated heterocycles. The lowest BCUT2D eigenvalue weighted by Crippen LogP contribution is -2.66. The fourth-order valence-electron chi connectivity index (χ4n) is 7.86. The number of rotatable bonds is 3. The molecule has 7 rings (SSSR count). The molecule has 41 heavy (non-hydrogen) atoms. The Morgan fingerprint density at radius 2 is 1.63 bits per heavy atom. The number of aliphatic hydroxyl groups is 1. The Kier molecular flexibility index (Phi) is 5.12. The third kappa shape index (κ3) is 2.99. The zero-order valence-corrected chi connectivity index (χ0v) is 22.8. The van der Waals surface area contributed by atoms with Gasteiger partial charge in [-0.25, -0.2) is 4.79 Å². The number of anilines is 1. The number of hydrogen-bond acceptors (Lipinski definition) is 8. The van der Waals surface area contributed by atoms with Crippen LogP contribution in [0.15, 0.2) is 72.8 Å². The standard InChI is InChI=1S/C32H29NO8/c1-29(2,3)31(38)16-22-30(17-23(34)39-22)28(37)41-27-32(30,31)24(40-26(36)19-10-5-4-6-11-19)25(35)33(27)21-14-13-18-9-7-8-12-20(18)15-21/h4-15,22,24,27,38H,16-17H2,1-3H3/t22-,24-,27-,30-,31+,32+/m0/s1. The van der Waals surface area contributed by atoms with Crippen LogP contribution in [0.5, 0.6) is 0 Å². The molecule has 1 aliphatic carbocycles. The van der Waals surface area contributed by atoms with E-state index in [1.807, 2.05) is 30.3 Å². The molecule has 1 N–H and O–H groups in total. The molecule has 0 unspecified atom stereocenters. The van der Waals surface area contributed by atoms with Crippen LogP contribution in [0.2, 0.25) is 0 Å². The molecule has 3 heterocycles. The van der Waals surface area contributed by atoms with Crippen molar-refractivity contribution < 1.29 is 38.5 Å².